The SMILES string of the molecule is CCC(=O)OC(=O)c1c(Cl)cccc1Cl.CCCC[C@H](NC(=O)[C@H](C)NC(=O)[C@@H](NC(=O)c1ccccc1)C(C)C)C(=O)O. The van der Waals surface area contributed by atoms with Crippen molar-refractivity contribution in [2.24, 2.45) is 5.92 Å². The molecule has 0 spiro atoms. The fourth-order valence-corrected chi connectivity index (χ4v) is 4.15. The molecule has 3 atom stereocenters. The number of amides is 3. The van der Waals surface area contributed by atoms with Crippen molar-refractivity contribution in [3.05, 3.63) is 69.7 Å². The number of ether oxygens (including phenoxy) is 1. The van der Waals surface area contributed by atoms with Gasteiger partial charge >= 0.3 is 17.9 Å². The lowest BCUT2D eigenvalue weighted by molar-refractivity contribution is -0.142. The Balaban J connectivity index is 0.000000539. The minimum Gasteiger partial charge on any atom is -0.480 e. The smallest absolute Gasteiger partial charge is 0.348 e. The summed E-state index contributed by atoms with van der Waals surface area (Å²) in [6.45, 7) is 8.56. The van der Waals surface area contributed by atoms with E-state index in [1.54, 1.807) is 57.2 Å². The molecular weight excluding hydrogens is 613 g/mol. The Hall–Kier alpha value is -3.96. The highest BCUT2D eigenvalue weighted by Crippen LogP contribution is 2.25. The van der Waals surface area contributed by atoms with Crippen LogP contribution < -0.4 is 16.0 Å². The van der Waals surface area contributed by atoms with Crippen LogP contribution in [0.1, 0.15) is 81.0 Å². The van der Waals surface area contributed by atoms with Crippen molar-refractivity contribution in [2.45, 2.75) is 78.4 Å². The van der Waals surface area contributed by atoms with Gasteiger partial charge in [0, 0.05) is 12.0 Å². The number of unbranched alkanes of at least 4 members (excludes halogenated alkanes) is 1. The first-order valence-electron chi connectivity index (χ1n) is 14.1. The minimum absolute atomic E-state index is 0.0163. The second-order valence-electron chi connectivity index (χ2n) is 10.0. The number of esters is 2. The van der Waals surface area contributed by atoms with E-state index in [1.165, 1.54) is 19.1 Å². The number of hydrogen-bond donors (Lipinski definition) is 4. The topological polar surface area (TPSA) is 168 Å². The van der Waals surface area contributed by atoms with Crippen molar-refractivity contribution >= 4 is 58.8 Å². The van der Waals surface area contributed by atoms with E-state index in [0.29, 0.717) is 18.4 Å². The quantitative estimate of drug-likeness (QED) is 0.177. The largest absolute Gasteiger partial charge is 0.480 e. The fourth-order valence-electron chi connectivity index (χ4n) is 3.60. The summed E-state index contributed by atoms with van der Waals surface area (Å²) in [7, 11) is 0. The summed E-state index contributed by atoms with van der Waals surface area (Å²) in [5, 5.41) is 17.3. The van der Waals surface area contributed by atoms with Gasteiger partial charge in [0.25, 0.3) is 5.91 Å². The van der Waals surface area contributed by atoms with E-state index in [4.69, 9.17) is 23.2 Å². The van der Waals surface area contributed by atoms with E-state index in [9.17, 15) is 33.9 Å². The Morgan fingerprint density at radius 1 is 0.818 bits per heavy atom. The standard InChI is InChI=1S/C21H31N3O5.C10H8Cl2O3/c1-5-6-12-16(21(28)29)23-18(25)14(4)22-20(27)17(13(2)3)24-19(26)15-10-8-7-9-11-15;1-2-8(13)15-10(14)9-6(11)4-3-5-7(9)12/h7-11,13-14,16-17H,5-6,12H2,1-4H3,(H,22,27)(H,23,25)(H,24,26)(H,28,29);3-5H,2H2,1H3/t14-,16-,17-;/m0./s1. The molecule has 0 aromatic heterocycles. The Morgan fingerprint density at radius 3 is 1.91 bits per heavy atom. The van der Waals surface area contributed by atoms with E-state index in [0.717, 1.165) is 6.42 Å². The number of carbonyl (C=O) groups excluding carboxylic acids is 5. The van der Waals surface area contributed by atoms with Crippen LogP contribution in [-0.4, -0.2) is 58.9 Å². The maximum absolute atomic E-state index is 12.6. The molecule has 2 aromatic rings. The molecule has 13 heteroatoms. The van der Waals surface area contributed by atoms with Crippen LogP contribution in [0.2, 0.25) is 10.0 Å². The predicted octanol–water partition coefficient (Wildman–Crippen LogP) is 4.79. The van der Waals surface area contributed by atoms with Crippen molar-refractivity contribution in [1.29, 1.82) is 0 Å². The first-order chi connectivity index (χ1) is 20.7. The number of hydrogen-bond acceptors (Lipinski definition) is 7. The van der Waals surface area contributed by atoms with Crippen molar-refractivity contribution < 1.29 is 38.6 Å². The van der Waals surface area contributed by atoms with Crippen LogP contribution >= 0.6 is 23.2 Å². The van der Waals surface area contributed by atoms with Crippen LogP contribution in [0, 0.1) is 5.92 Å². The average molecular weight is 653 g/mol. The third-order valence-electron chi connectivity index (χ3n) is 6.15. The van der Waals surface area contributed by atoms with E-state index < -0.39 is 47.8 Å². The van der Waals surface area contributed by atoms with E-state index in [2.05, 4.69) is 20.7 Å². The summed E-state index contributed by atoms with van der Waals surface area (Å²) < 4.78 is 4.50. The first-order valence-corrected chi connectivity index (χ1v) is 14.9. The molecular formula is C31H39Cl2N3O8. The summed E-state index contributed by atoms with van der Waals surface area (Å²) in [6, 6.07) is 10.3. The molecule has 3 amide bonds. The molecule has 0 saturated carbocycles. The molecule has 0 aliphatic rings. The highest BCUT2D eigenvalue weighted by molar-refractivity contribution is 6.39. The zero-order chi connectivity index (χ0) is 33.4. The molecule has 0 heterocycles. The number of aliphatic carboxylic acids is 1. The number of halogens is 2. The van der Waals surface area contributed by atoms with E-state index in [1.807, 2.05) is 6.92 Å². The lowest BCUT2D eigenvalue weighted by Gasteiger charge is -2.24. The van der Waals surface area contributed by atoms with Gasteiger partial charge in [-0.3, -0.25) is 19.2 Å². The molecule has 44 heavy (non-hydrogen) atoms. The molecule has 0 aliphatic heterocycles. The van der Waals surface area contributed by atoms with Crippen molar-refractivity contribution in [3.8, 4) is 0 Å². The molecule has 0 fully saturated rings. The van der Waals surface area contributed by atoms with Gasteiger partial charge in [-0.25, -0.2) is 9.59 Å². The van der Waals surface area contributed by atoms with Gasteiger partial charge in [-0.05, 0) is 43.5 Å². The van der Waals surface area contributed by atoms with Gasteiger partial charge in [-0.2, -0.15) is 0 Å². The van der Waals surface area contributed by atoms with Crippen LogP contribution in [0.25, 0.3) is 0 Å². The van der Waals surface area contributed by atoms with Gasteiger partial charge in [0.1, 0.15) is 18.1 Å². The number of carboxylic acid groups (broad SMARTS) is 1. The Morgan fingerprint density at radius 2 is 1.41 bits per heavy atom. The maximum Gasteiger partial charge on any atom is 0.348 e. The molecule has 11 nitrogen and oxygen atoms in total. The Bertz CT molecular complexity index is 1280. The van der Waals surface area contributed by atoms with Gasteiger partial charge in [-0.1, -0.05) is 88.0 Å². The van der Waals surface area contributed by atoms with Gasteiger partial charge in [0.15, 0.2) is 0 Å². The summed E-state index contributed by atoms with van der Waals surface area (Å²) in [4.78, 5) is 70.9. The second-order valence-corrected chi connectivity index (χ2v) is 10.9. The van der Waals surface area contributed by atoms with Crippen molar-refractivity contribution in [2.75, 3.05) is 0 Å². The number of carboxylic acids is 1. The maximum atomic E-state index is 12.6. The molecule has 0 aliphatic carbocycles. The first kappa shape index (κ1) is 38.1. The monoisotopic (exact) mass is 651 g/mol. The highest BCUT2D eigenvalue weighted by Gasteiger charge is 2.29. The lowest BCUT2D eigenvalue weighted by atomic mass is 10.0. The number of nitrogens with one attached hydrogen (secondary N) is 3. The average Bonchev–Trinajstić information content (AvgIpc) is 2.97. The van der Waals surface area contributed by atoms with Crippen molar-refractivity contribution in [1.82, 2.24) is 16.0 Å². The van der Waals surface area contributed by atoms with Gasteiger partial charge in [-0.15, -0.1) is 0 Å². The van der Waals surface area contributed by atoms with Crippen LogP contribution in [-0.2, 0) is 23.9 Å². The highest BCUT2D eigenvalue weighted by atomic mass is 35.5. The van der Waals surface area contributed by atoms with Crippen molar-refractivity contribution in [3.63, 3.8) is 0 Å². The number of rotatable bonds is 13. The Labute approximate surface area is 267 Å². The van der Waals surface area contributed by atoms with E-state index >= 15 is 0 Å². The van der Waals surface area contributed by atoms with Crippen LogP contribution in [0.15, 0.2) is 48.5 Å². The molecule has 4 N–H and O–H groups in total. The van der Waals surface area contributed by atoms with Gasteiger partial charge in [0.2, 0.25) is 11.8 Å². The Kier molecular flexibility index (Phi) is 16.7. The third kappa shape index (κ3) is 12.7. The summed E-state index contributed by atoms with van der Waals surface area (Å²) >= 11 is 11.5. The normalized spacial score (nSPS) is 12.5. The van der Waals surface area contributed by atoms with Crippen LogP contribution in [0.5, 0.6) is 0 Å². The van der Waals surface area contributed by atoms with Gasteiger partial charge < -0.3 is 25.8 Å². The number of carbonyl (C=O) groups is 6. The summed E-state index contributed by atoms with van der Waals surface area (Å²) in [5.41, 5.74) is 0.444. The van der Waals surface area contributed by atoms with E-state index in [-0.39, 0.29) is 33.9 Å². The molecule has 0 bridgehead atoms. The zero-order valence-electron chi connectivity index (χ0n) is 25.3. The second kappa shape index (κ2) is 19.3. The zero-order valence-corrected chi connectivity index (χ0v) is 26.8. The lowest BCUT2D eigenvalue weighted by Crippen LogP contribution is -2.56. The van der Waals surface area contributed by atoms with Crippen LogP contribution in [0.4, 0.5) is 0 Å². The third-order valence-corrected chi connectivity index (χ3v) is 6.78. The molecule has 0 radical (unpaired) electrons. The minimum atomic E-state index is -1.11. The van der Waals surface area contributed by atoms with Gasteiger partial charge in [0.05, 0.1) is 15.6 Å². The fraction of sp³-hybridized carbons (Fsp3) is 0.419. The predicted molar refractivity (Wildman–Crippen MR) is 166 cm³/mol. The molecule has 2 aromatic carbocycles. The molecule has 0 saturated heterocycles. The molecule has 240 valence electrons. The molecule has 0 unspecified atom stereocenters. The van der Waals surface area contributed by atoms with Crippen LogP contribution in [0.3, 0.4) is 0 Å². The molecule has 2 rings (SSSR count). The summed E-state index contributed by atoms with van der Waals surface area (Å²) in [5.74, 6) is -4.24. The summed E-state index contributed by atoms with van der Waals surface area (Å²) in [6.07, 6.45) is 1.91. The number of benzene rings is 2.